The first-order chi connectivity index (χ1) is 10.6. The molecule has 4 nitrogen and oxygen atoms in total. The molecular formula is C17H25ClN2O2. The first-order valence-electron chi connectivity index (χ1n) is 7.97. The van der Waals surface area contributed by atoms with Gasteiger partial charge in [-0.25, -0.2) is 0 Å². The summed E-state index contributed by atoms with van der Waals surface area (Å²) in [6.45, 7) is 4.45. The van der Waals surface area contributed by atoms with Gasteiger partial charge in [0.1, 0.15) is 0 Å². The molecule has 0 aromatic heterocycles. The van der Waals surface area contributed by atoms with Gasteiger partial charge in [-0.15, -0.1) is 0 Å². The fourth-order valence-corrected chi connectivity index (χ4v) is 3.04. The van der Waals surface area contributed by atoms with Crippen molar-refractivity contribution < 1.29 is 9.90 Å². The van der Waals surface area contributed by atoms with E-state index in [0.29, 0.717) is 23.3 Å². The van der Waals surface area contributed by atoms with Gasteiger partial charge in [0.2, 0.25) is 5.91 Å². The highest BCUT2D eigenvalue weighted by Crippen LogP contribution is 2.22. The number of carbonyl (C=O) groups is 1. The molecule has 1 amide bonds. The van der Waals surface area contributed by atoms with Crippen LogP contribution in [0, 0.1) is 11.8 Å². The molecule has 22 heavy (non-hydrogen) atoms. The van der Waals surface area contributed by atoms with Crippen molar-refractivity contribution in [1.82, 2.24) is 10.6 Å². The monoisotopic (exact) mass is 324 g/mol. The average Bonchev–Trinajstić information content (AvgIpc) is 2.54. The molecule has 3 atom stereocenters. The molecule has 0 saturated carbocycles. The van der Waals surface area contributed by atoms with Crippen LogP contribution < -0.4 is 10.6 Å². The number of benzene rings is 1. The van der Waals surface area contributed by atoms with E-state index in [2.05, 4.69) is 17.6 Å². The van der Waals surface area contributed by atoms with Crippen LogP contribution in [0.3, 0.4) is 0 Å². The zero-order valence-electron chi connectivity index (χ0n) is 13.0. The highest BCUT2D eigenvalue weighted by atomic mass is 35.5. The maximum atomic E-state index is 12.0. The average molecular weight is 325 g/mol. The number of halogens is 1. The Kier molecular flexibility index (Phi) is 6.68. The number of nitrogens with one attached hydrogen (secondary N) is 2. The fraction of sp³-hybridized carbons (Fsp3) is 0.588. The molecule has 0 bridgehead atoms. The Bertz CT molecular complexity index is 472. The number of hydrogen-bond acceptors (Lipinski definition) is 3. The molecule has 122 valence electrons. The van der Waals surface area contributed by atoms with Crippen molar-refractivity contribution >= 4 is 17.5 Å². The zero-order chi connectivity index (χ0) is 15.9. The summed E-state index contributed by atoms with van der Waals surface area (Å²) in [5.74, 6) is 0.937. The molecule has 1 aromatic rings. The van der Waals surface area contributed by atoms with Crippen molar-refractivity contribution in [2.45, 2.75) is 32.3 Å². The Balaban J connectivity index is 1.73. The topological polar surface area (TPSA) is 61.4 Å². The van der Waals surface area contributed by atoms with Gasteiger partial charge in [-0.3, -0.25) is 4.79 Å². The van der Waals surface area contributed by atoms with Crippen molar-refractivity contribution in [3.63, 3.8) is 0 Å². The smallest absolute Gasteiger partial charge is 0.220 e. The van der Waals surface area contributed by atoms with E-state index >= 15 is 0 Å². The van der Waals surface area contributed by atoms with Crippen LogP contribution in [-0.2, 0) is 4.79 Å². The largest absolute Gasteiger partial charge is 0.387 e. The number of hydrogen-bond donors (Lipinski definition) is 3. The van der Waals surface area contributed by atoms with E-state index in [4.69, 9.17) is 11.6 Å². The SMILES string of the molecule is CC(CC(=O)NCC(O)c1ccc(Cl)cc1)C1CCCNC1. The number of amides is 1. The quantitative estimate of drug-likeness (QED) is 0.753. The van der Waals surface area contributed by atoms with Crippen molar-refractivity contribution in [2.24, 2.45) is 11.8 Å². The molecule has 1 heterocycles. The highest BCUT2D eigenvalue weighted by Gasteiger charge is 2.22. The second-order valence-electron chi connectivity index (χ2n) is 6.16. The summed E-state index contributed by atoms with van der Waals surface area (Å²) < 4.78 is 0. The van der Waals surface area contributed by atoms with Crippen molar-refractivity contribution in [2.75, 3.05) is 19.6 Å². The Morgan fingerprint density at radius 1 is 1.45 bits per heavy atom. The van der Waals surface area contributed by atoms with Crippen LogP contribution in [0.4, 0.5) is 0 Å². The van der Waals surface area contributed by atoms with Gasteiger partial charge in [0.25, 0.3) is 0 Å². The summed E-state index contributed by atoms with van der Waals surface area (Å²) >= 11 is 5.82. The normalized spacial score (nSPS) is 21.1. The van der Waals surface area contributed by atoms with E-state index in [1.165, 1.54) is 12.8 Å². The van der Waals surface area contributed by atoms with E-state index < -0.39 is 6.10 Å². The molecule has 1 fully saturated rings. The standard InChI is InChI=1S/C17H25ClN2O2/c1-12(14-3-2-8-19-10-14)9-17(22)20-11-16(21)13-4-6-15(18)7-5-13/h4-7,12,14,16,19,21H,2-3,8-11H2,1H3,(H,20,22). The lowest BCUT2D eigenvalue weighted by Gasteiger charge is -2.28. The molecule has 1 saturated heterocycles. The zero-order valence-corrected chi connectivity index (χ0v) is 13.8. The summed E-state index contributed by atoms with van der Waals surface area (Å²) in [5.41, 5.74) is 0.759. The van der Waals surface area contributed by atoms with Crippen molar-refractivity contribution in [3.8, 4) is 0 Å². The van der Waals surface area contributed by atoms with E-state index in [1.54, 1.807) is 24.3 Å². The lowest BCUT2D eigenvalue weighted by molar-refractivity contribution is -0.122. The van der Waals surface area contributed by atoms with E-state index in [1.807, 2.05) is 0 Å². The molecule has 3 N–H and O–H groups in total. The predicted octanol–water partition coefficient (Wildman–Crippen LogP) is 2.52. The number of piperidine rings is 1. The Hall–Kier alpha value is -1.10. The minimum absolute atomic E-state index is 0.00564. The first-order valence-corrected chi connectivity index (χ1v) is 8.35. The lowest BCUT2D eigenvalue weighted by Crippen LogP contribution is -2.36. The van der Waals surface area contributed by atoms with Crippen LogP contribution >= 0.6 is 11.6 Å². The second kappa shape index (κ2) is 8.51. The van der Waals surface area contributed by atoms with Crippen molar-refractivity contribution in [1.29, 1.82) is 0 Å². The van der Waals surface area contributed by atoms with Crippen LogP contribution in [-0.4, -0.2) is 30.6 Å². The molecule has 0 aliphatic carbocycles. The molecule has 2 rings (SSSR count). The number of aliphatic hydroxyl groups excluding tert-OH is 1. The highest BCUT2D eigenvalue weighted by molar-refractivity contribution is 6.30. The van der Waals surface area contributed by atoms with Gasteiger partial charge >= 0.3 is 0 Å². The van der Waals surface area contributed by atoms with Gasteiger partial charge in [-0.1, -0.05) is 30.7 Å². The molecule has 0 radical (unpaired) electrons. The molecule has 0 spiro atoms. The molecule has 5 heteroatoms. The minimum atomic E-state index is -0.701. The Morgan fingerprint density at radius 3 is 2.82 bits per heavy atom. The first kappa shape index (κ1) is 17.3. The van der Waals surface area contributed by atoms with Gasteiger partial charge < -0.3 is 15.7 Å². The predicted molar refractivity (Wildman–Crippen MR) is 88.8 cm³/mol. The third-order valence-corrected chi connectivity index (χ3v) is 4.65. The molecule has 1 aromatic carbocycles. The van der Waals surface area contributed by atoms with Crippen LogP contribution in [0.5, 0.6) is 0 Å². The van der Waals surface area contributed by atoms with E-state index in [-0.39, 0.29) is 12.5 Å². The van der Waals surface area contributed by atoms with E-state index in [9.17, 15) is 9.90 Å². The molecular weight excluding hydrogens is 300 g/mol. The van der Waals surface area contributed by atoms with E-state index in [0.717, 1.165) is 18.7 Å². The maximum Gasteiger partial charge on any atom is 0.220 e. The summed E-state index contributed by atoms with van der Waals surface area (Å²) in [6, 6.07) is 7.02. The third-order valence-electron chi connectivity index (χ3n) is 4.39. The summed E-state index contributed by atoms with van der Waals surface area (Å²) in [5, 5.41) is 16.9. The summed E-state index contributed by atoms with van der Waals surface area (Å²) in [4.78, 5) is 12.0. The van der Waals surface area contributed by atoms with Gasteiger partial charge in [0, 0.05) is 18.0 Å². The Labute approximate surface area is 137 Å². The van der Waals surface area contributed by atoms with Gasteiger partial charge in [-0.05, 0) is 55.5 Å². The third kappa shape index (κ3) is 5.27. The van der Waals surface area contributed by atoms with Crippen LogP contribution in [0.15, 0.2) is 24.3 Å². The Morgan fingerprint density at radius 2 is 2.18 bits per heavy atom. The van der Waals surface area contributed by atoms with Crippen molar-refractivity contribution in [3.05, 3.63) is 34.9 Å². The van der Waals surface area contributed by atoms with Gasteiger partial charge in [0.15, 0.2) is 0 Å². The lowest BCUT2D eigenvalue weighted by atomic mass is 9.85. The number of aliphatic hydroxyl groups is 1. The van der Waals surface area contributed by atoms with Gasteiger partial charge in [0.05, 0.1) is 6.10 Å². The molecule has 1 aliphatic heterocycles. The van der Waals surface area contributed by atoms with Crippen LogP contribution in [0.2, 0.25) is 5.02 Å². The molecule has 1 aliphatic rings. The second-order valence-corrected chi connectivity index (χ2v) is 6.60. The fourth-order valence-electron chi connectivity index (χ4n) is 2.91. The van der Waals surface area contributed by atoms with Crippen LogP contribution in [0.1, 0.15) is 37.9 Å². The van der Waals surface area contributed by atoms with Crippen LogP contribution in [0.25, 0.3) is 0 Å². The number of carbonyl (C=O) groups excluding carboxylic acids is 1. The maximum absolute atomic E-state index is 12.0. The summed E-state index contributed by atoms with van der Waals surface area (Å²) in [7, 11) is 0. The minimum Gasteiger partial charge on any atom is -0.387 e. The molecule has 3 unspecified atom stereocenters. The van der Waals surface area contributed by atoms with Gasteiger partial charge in [-0.2, -0.15) is 0 Å². The summed E-state index contributed by atoms with van der Waals surface area (Å²) in [6.07, 6.45) is 2.19. The number of rotatable bonds is 6.